The van der Waals surface area contributed by atoms with Gasteiger partial charge in [0.15, 0.2) is 0 Å². The molecule has 5 rings (SSSR count). The second-order valence-electron chi connectivity index (χ2n) is 8.25. The van der Waals surface area contributed by atoms with E-state index >= 15 is 0 Å². The summed E-state index contributed by atoms with van der Waals surface area (Å²) in [5, 5.41) is 1.11. The first-order valence-corrected chi connectivity index (χ1v) is 12.4. The van der Waals surface area contributed by atoms with E-state index < -0.39 is 10.0 Å². The zero-order chi connectivity index (χ0) is 22.1. The quantitative estimate of drug-likeness (QED) is 0.654. The van der Waals surface area contributed by atoms with Crippen molar-refractivity contribution in [3.63, 3.8) is 0 Å². The second-order valence-corrected chi connectivity index (χ2v) is 10.2. The van der Waals surface area contributed by atoms with Gasteiger partial charge in [-0.05, 0) is 60.7 Å². The highest BCUT2D eigenvalue weighted by Gasteiger charge is 2.31. The number of pyridine rings is 1. The Morgan fingerprint density at radius 1 is 1.03 bits per heavy atom. The Bertz CT molecular complexity index is 1210. The summed E-state index contributed by atoms with van der Waals surface area (Å²) in [7, 11) is -3.60. The van der Waals surface area contributed by atoms with E-state index in [9.17, 15) is 13.2 Å². The molecule has 0 spiro atoms. The summed E-state index contributed by atoms with van der Waals surface area (Å²) in [5.41, 5.74) is 2.57. The van der Waals surface area contributed by atoms with Gasteiger partial charge in [-0.2, -0.15) is 4.31 Å². The highest BCUT2D eigenvalue weighted by atomic mass is 32.2. The summed E-state index contributed by atoms with van der Waals surface area (Å²) in [6, 6.07) is 10.3. The van der Waals surface area contributed by atoms with Gasteiger partial charge in [-0.15, -0.1) is 0 Å². The first-order valence-electron chi connectivity index (χ1n) is 10.9. The number of amides is 1. The Hall–Kier alpha value is -2.75. The van der Waals surface area contributed by atoms with Crippen LogP contribution in [0.5, 0.6) is 0 Å². The van der Waals surface area contributed by atoms with Crippen LogP contribution >= 0.6 is 0 Å². The number of benzene rings is 1. The molecule has 0 bridgehead atoms. The Morgan fingerprint density at radius 3 is 2.47 bits per heavy atom. The number of carbonyl (C=O) groups excluding carboxylic acids is 1. The number of aromatic amines is 1. The van der Waals surface area contributed by atoms with Gasteiger partial charge in [-0.25, -0.2) is 13.4 Å². The number of nitrogens with one attached hydrogen (secondary N) is 1. The van der Waals surface area contributed by atoms with Crippen LogP contribution in [0.3, 0.4) is 0 Å². The highest BCUT2D eigenvalue weighted by Crippen LogP contribution is 2.34. The number of piperidine rings is 1. The summed E-state index contributed by atoms with van der Waals surface area (Å²) in [6.07, 6.45) is 5.28. The zero-order valence-corrected chi connectivity index (χ0v) is 18.6. The van der Waals surface area contributed by atoms with Crippen LogP contribution in [0, 0.1) is 0 Å². The van der Waals surface area contributed by atoms with Crippen LogP contribution < -0.4 is 0 Å². The lowest BCUT2D eigenvalue weighted by Crippen LogP contribution is -2.40. The van der Waals surface area contributed by atoms with Crippen molar-refractivity contribution < 1.29 is 17.9 Å². The number of fused-ring (bicyclic) bond motifs is 1. The van der Waals surface area contributed by atoms with Crippen molar-refractivity contribution in [2.24, 2.45) is 0 Å². The second kappa shape index (κ2) is 8.65. The maximum atomic E-state index is 13.2. The first kappa shape index (κ1) is 21.1. The minimum Gasteiger partial charge on any atom is -0.378 e. The van der Waals surface area contributed by atoms with E-state index in [2.05, 4.69) is 16.0 Å². The van der Waals surface area contributed by atoms with Crippen molar-refractivity contribution in [3.8, 4) is 0 Å². The molecule has 2 fully saturated rings. The monoisotopic (exact) mass is 454 g/mol. The van der Waals surface area contributed by atoms with Crippen LogP contribution in [-0.2, 0) is 14.8 Å². The first-order chi connectivity index (χ1) is 15.5. The molecule has 0 radical (unpaired) electrons. The Labute approximate surface area is 187 Å². The Morgan fingerprint density at radius 2 is 1.75 bits per heavy atom. The van der Waals surface area contributed by atoms with Crippen LogP contribution in [0.2, 0.25) is 0 Å². The largest absolute Gasteiger partial charge is 0.378 e. The summed E-state index contributed by atoms with van der Waals surface area (Å²) in [4.78, 5) is 22.1. The van der Waals surface area contributed by atoms with Crippen LogP contribution in [0.1, 0.15) is 34.7 Å². The standard InChI is InChI=1S/C23H26N4O4S/c28-23(26-12-14-31-15-13-26)18-3-5-19(6-4-18)32(29,30)27-10-7-17(8-11-27)21-16-25-22-20(21)2-1-9-24-22/h1-6,9,16-17H,7-8,10-15H2,(H,24,25). The van der Waals surface area contributed by atoms with E-state index in [4.69, 9.17) is 4.74 Å². The van der Waals surface area contributed by atoms with Gasteiger partial charge >= 0.3 is 0 Å². The van der Waals surface area contributed by atoms with Gasteiger partial charge in [0.2, 0.25) is 10.0 Å². The smallest absolute Gasteiger partial charge is 0.254 e. The van der Waals surface area contributed by atoms with E-state index in [0.717, 1.165) is 23.9 Å². The maximum Gasteiger partial charge on any atom is 0.254 e. The third kappa shape index (κ3) is 3.92. The molecule has 3 aromatic rings. The fourth-order valence-corrected chi connectivity index (χ4v) is 6.06. The number of H-pyrrole nitrogens is 1. The molecule has 9 heteroatoms. The molecule has 2 saturated heterocycles. The van der Waals surface area contributed by atoms with Crippen molar-refractivity contribution in [2.45, 2.75) is 23.7 Å². The average Bonchev–Trinajstić information content (AvgIpc) is 3.28. The molecule has 0 unspecified atom stereocenters. The highest BCUT2D eigenvalue weighted by molar-refractivity contribution is 7.89. The van der Waals surface area contributed by atoms with Crippen molar-refractivity contribution in [2.75, 3.05) is 39.4 Å². The lowest BCUT2D eigenvalue weighted by Gasteiger charge is -2.31. The SMILES string of the molecule is O=C(c1ccc(S(=O)(=O)N2CCC(c3c[nH]c4ncccc34)CC2)cc1)N1CCOCC1. The van der Waals surface area contributed by atoms with E-state index in [-0.39, 0.29) is 10.8 Å². The molecule has 4 heterocycles. The number of hydrogen-bond donors (Lipinski definition) is 1. The number of carbonyl (C=O) groups is 1. The molecule has 2 aromatic heterocycles. The molecule has 1 N–H and O–H groups in total. The van der Waals surface area contributed by atoms with Gasteiger partial charge in [0.1, 0.15) is 5.65 Å². The summed E-state index contributed by atoms with van der Waals surface area (Å²) >= 11 is 0. The molecule has 1 amide bonds. The minimum absolute atomic E-state index is 0.0914. The molecule has 168 valence electrons. The molecule has 2 aliphatic rings. The van der Waals surface area contributed by atoms with Crippen molar-refractivity contribution in [1.29, 1.82) is 0 Å². The van der Waals surface area contributed by atoms with Crippen molar-refractivity contribution in [3.05, 3.63) is 59.9 Å². The predicted octanol–water partition coefficient (Wildman–Crippen LogP) is 2.60. The number of nitrogens with zero attached hydrogens (tertiary/aromatic N) is 3. The number of morpholine rings is 1. The van der Waals surface area contributed by atoms with Crippen LogP contribution in [0.15, 0.2) is 53.7 Å². The lowest BCUT2D eigenvalue weighted by molar-refractivity contribution is 0.0303. The lowest BCUT2D eigenvalue weighted by atomic mass is 9.90. The normalized spacial score (nSPS) is 18.8. The van der Waals surface area contributed by atoms with Gasteiger partial charge in [0.05, 0.1) is 18.1 Å². The van der Waals surface area contributed by atoms with E-state index in [1.54, 1.807) is 39.7 Å². The minimum atomic E-state index is -3.60. The number of sulfonamides is 1. The van der Waals surface area contributed by atoms with E-state index in [1.807, 2.05) is 12.3 Å². The molecule has 32 heavy (non-hydrogen) atoms. The molecule has 0 aliphatic carbocycles. The zero-order valence-electron chi connectivity index (χ0n) is 17.7. The Balaban J connectivity index is 1.26. The number of ether oxygens (including phenoxy) is 1. The predicted molar refractivity (Wildman–Crippen MR) is 120 cm³/mol. The fraction of sp³-hybridized carbons (Fsp3) is 0.391. The molecule has 1 aromatic carbocycles. The van der Waals surface area contributed by atoms with Gasteiger partial charge in [0.25, 0.3) is 5.91 Å². The van der Waals surface area contributed by atoms with Crippen molar-refractivity contribution >= 4 is 27.0 Å². The topological polar surface area (TPSA) is 95.6 Å². The van der Waals surface area contributed by atoms with Crippen LogP contribution in [0.4, 0.5) is 0 Å². The summed E-state index contributed by atoms with van der Waals surface area (Å²) in [6.45, 7) is 3.11. The van der Waals surface area contributed by atoms with Gasteiger partial charge in [-0.1, -0.05) is 0 Å². The molecular formula is C23H26N4O4S. The maximum absolute atomic E-state index is 13.2. The third-order valence-electron chi connectivity index (χ3n) is 6.41. The molecule has 2 aliphatic heterocycles. The van der Waals surface area contributed by atoms with Gasteiger partial charge in [0, 0.05) is 49.5 Å². The van der Waals surface area contributed by atoms with Gasteiger partial charge in [-0.3, -0.25) is 4.79 Å². The third-order valence-corrected chi connectivity index (χ3v) is 8.33. The van der Waals surface area contributed by atoms with Crippen LogP contribution in [-0.4, -0.2) is 72.9 Å². The van der Waals surface area contributed by atoms with E-state index in [1.165, 1.54) is 5.56 Å². The molecular weight excluding hydrogens is 428 g/mol. The molecule has 8 nitrogen and oxygen atoms in total. The average molecular weight is 455 g/mol. The van der Waals surface area contributed by atoms with Crippen LogP contribution in [0.25, 0.3) is 11.0 Å². The van der Waals surface area contributed by atoms with Gasteiger partial charge < -0.3 is 14.6 Å². The fourth-order valence-electron chi connectivity index (χ4n) is 4.59. The molecule has 0 atom stereocenters. The summed E-state index contributed by atoms with van der Waals surface area (Å²) < 4.78 is 33.2. The number of rotatable bonds is 4. The van der Waals surface area contributed by atoms with Crippen molar-refractivity contribution in [1.82, 2.24) is 19.2 Å². The van der Waals surface area contributed by atoms with E-state index in [0.29, 0.717) is 50.9 Å². The Kier molecular flexibility index (Phi) is 5.71. The molecule has 0 saturated carbocycles. The number of hydrogen-bond acceptors (Lipinski definition) is 5. The summed E-state index contributed by atoms with van der Waals surface area (Å²) in [5.74, 6) is 0.208. The number of aromatic nitrogens is 2.